The van der Waals surface area contributed by atoms with Gasteiger partial charge in [0.15, 0.2) is 0 Å². The number of aromatic nitrogens is 4. The SMILES string of the molecule is NC(CNc1nnc(-c2ccc3[nH]ncc3c2)s1)Cc1ccc(F)cc1. The van der Waals surface area contributed by atoms with Crippen LogP contribution in [0.5, 0.6) is 0 Å². The van der Waals surface area contributed by atoms with Crippen LogP contribution in [-0.4, -0.2) is 33.0 Å². The number of aromatic amines is 1. The Morgan fingerprint density at radius 1 is 1.15 bits per heavy atom. The smallest absolute Gasteiger partial charge is 0.206 e. The van der Waals surface area contributed by atoms with Crippen LogP contribution < -0.4 is 11.1 Å². The average molecular weight is 368 g/mol. The van der Waals surface area contributed by atoms with E-state index in [-0.39, 0.29) is 11.9 Å². The first kappa shape index (κ1) is 16.6. The van der Waals surface area contributed by atoms with Gasteiger partial charge in [0, 0.05) is 23.5 Å². The van der Waals surface area contributed by atoms with Crippen LogP contribution in [0.25, 0.3) is 21.5 Å². The van der Waals surface area contributed by atoms with Crippen LogP contribution >= 0.6 is 11.3 Å². The van der Waals surface area contributed by atoms with Crippen LogP contribution in [0.1, 0.15) is 5.56 Å². The van der Waals surface area contributed by atoms with Crippen molar-refractivity contribution in [3.8, 4) is 10.6 Å². The van der Waals surface area contributed by atoms with Crippen molar-refractivity contribution in [3.05, 3.63) is 60.0 Å². The lowest BCUT2D eigenvalue weighted by Crippen LogP contribution is -2.31. The molecule has 0 fully saturated rings. The summed E-state index contributed by atoms with van der Waals surface area (Å²) < 4.78 is 12.9. The van der Waals surface area contributed by atoms with E-state index < -0.39 is 0 Å². The van der Waals surface area contributed by atoms with Crippen molar-refractivity contribution in [1.82, 2.24) is 20.4 Å². The third-order valence-electron chi connectivity index (χ3n) is 4.04. The molecule has 0 amide bonds. The summed E-state index contributed by atoms with van der Waals surface area (Å²) in [6.07, 6.45) is 2.45. The second-order valence-electron chi connectivity index (χ2n) is 6.06. The number of nitrogens with one attached hydrogen (secondary N) is 2. The number of nitrogens with two attached hydrogens (primary N) is 1. The van der Waals surface area contributed by atoms with Gasteiger partial charge in [-0.3, -0.25) is 5.10 Å². The van der Waals surface area contributed by atoms with Gasteiger partial charge in [0.2, 0.25) is 5.13 Å². The maximum absolute atomic E-state index is 12.9. The first-order valence-electron chi connectivity index (χ1n) is 8.18. The molecule has 8 heteroatoms. The molecule has 6 nitrogen and oxygen atoms in total. The number of hydrogen-bond acceptors (Lipinski definition) is 6. The minimum absolute atomic E-state index is 0.102. The first-order valence-corrected chi connectivity index (χ1v) is 9.00. The average Bonchev–Trinajstić information content (AvgIpc) is 3.30. The maximum Gasteiger partial charge on any atom is 0.206 e. The van der Waals surface area contributed by atoms with Crippen LogP contribution in [0.15, 0.2) is 48.7 Å². The van der Waals surface area contributed by atoms with Crippen molar-refractivity contribution in [2.24, 2.45) is 5.73 Å². The van der Waals surface area contributed by atoms with E-state index >= 15 is 0 Å². The Balaban J connectivity index is 1.37. The molecule has 2 aromatic carbocycles. The lowest BCUT2D eigenvalue weighted by atomic mass is 10.1. The highest BCUT2D eigenvalue weighted by Crippen LogP contribution is 2.28. The normalized spacial score (nSPS) is 12.4. The second-order valence-corrected chi connectivity index (χ2v) is 7.03. The van der Waals surface area contributed by atoms with Gasteiger partial charge >= 0.3 is 0 Å². The van der Waals surface area contributed by atoms with E-state index in [2.05, 4.69) is 25.7 Å². The van der Waals surface area contributed by atoms with Gasteiger partial charge in [-0.25, -0.2) is 4.39 Å². The van der Waals surface area contributed by atoms with Gasteiger partial charge in [-0.1, -0.05) is 23.5 Å². The third-order valence-corrected chi connectivity index (χ3v) is 4.97. The molecule has 0 saturated heterocycles. The number of hydrogen-bond donors (Lipinski definition) is 3. The molecule has 0 aliphatic rings. The molecule has 1 atom stereocenters. The molecule has 2 heterocycles. The van der Waals surface area contributed by atoms with Crippen LogP contribution in [0.2, 0.25) is 0 Å². The topological polar surface area (TPSA) is 92.5 Å². The van der Waals surface area contributed by atoms with Crippen molar-refractivity contribution in [2.75, 3.05) is 11.9 Å². The van der Waals surface area contributed by atoms with Gasteiger partial charge in [-0.2, -0.15) is 5.10 Å². The van der Waals surface area contributed by atoms with E-state index in [0.717, 1.165) is 32.2 Å². The highest BCUT2D eigenvalue weighted by atomic mass is 32.1. The summed E-state index contributed by atoms with van der Waals surface area (Å²) in [6.45, 7) is 0.562. The van der Waals surface area contributed by atoms with E-state index in [1.807, 2.05) is 18.2 Å². The van der Waals surface area contributed by atoms with Crippen molar-refractivity contribution >= 4 is 27.4 Å². The minimum atomic E-state index is -0.240. The van der Waals surface area contributed by atoms with Crippen molar-refractivity contribution in [2.45, 2.75) is 12.5 Å². The quantitative estimate of drug-likeness (QED) is 0.486. The van der Waals surface area contributed by atoms with Gasteiger partial charge < -0.3 is 11.1 Å². The van der Waals surface area contributed by atoms with E-state index in [1.165, 1.54) is 23.5 Å². The Morgan fingerprint density at radius 2 is 2.00 bits per heavy atom. The molecule has 0 bridgehead atoms. The fraction of sp³-hybridized carbons (Fsp3) is 0.167. The number of halogens is 1. The molecule has 4 rings (SSSR count). The van der Waals surface area contributed by atoms with Gasteiger partial charge in [0.1, 0.15) is 10.8 Å². The minimum Gasteiger partial charge on any atom is -0.359 e. The summed E-state index contributed by atoms with van der Waals surface area (Å²) in [5.74, 6) is -0.240. The summed E-state index contributed by atoms with van der Waals surface area (Å²) in [7, 11) is 0. The van der Waals surface area contributed by atoms with Gasteiger partial charge in [0.25, 0.3) is 0 Å². The molecule has 0 aliphatic carbocycles. The first-order chi connectivity index (χ1) is 12.7. The number of anilines is 1. The Hall–Kier alpha value is -2.84. The van der Waals surface area contributed by atoms with E-state index in [9.17, 15) is 4.39 Å². The summed E-state index contributed by atoms with van der Waals surface area (Å²) in [5, 5.41) is 21.2. The highest BCUT2D eigenvalue weighted by Gasteiger charge is 2.10. The number of rotatable bonds is 6. The molecule has 0 aliphatic heterocycles. The highest BCUT2D eigenvalue weighted by molar-refractivity contribution is 7.18. The van der Waals surface area contributed by atoms with Gasteiger partial charge in [-0.05, 0) is 42.3 Å². The van der Waals surface area contributed by atoms with Gasteiger partial charge in [-0.15, -0.1) is 10.2 Å². The number of benzene rings is 2. The Bertz CT molecular complexity index is 1010. The maximum atomic E-state index is 12.9. The molecule has 26 heavy (non-hydrogen) atoms. The monoisotopic (exact) mass is 368 g/mol. The molecular formula is C18H17FN6S. The zero-order valence-corrected chi connectivity index (χ0v) is 14.6. The molecule has 0 spiro atoms. The van der Waals surface area contributed by atoms with Crippen LogP contribution in [-0.2, 0) is 6.42 Å². The van der Waals surface area contributed by atoms with Crippen LogP contribution in [0.4, 0.5) is 9.52 Å². The molecule has 4 aromatic rings. The largest absolute Gasteiger partial charge is 0.359 e. The lowest BCUT2D eigenvalue weighted by Gasteiger charge is -2.11. The van der Waals surface area contributed by atoms with Crippen molar-refractivity contribution in [1.29, 1.82) is 0 Å². The van der Waals surface area contributed by atoms with Gasteiger partial charge in [0.05, 0.1) is 11.7 Å². The number of fused-ring (bicyclic) bond motifs is 1. The molecule has 1 unspecified atom stereocenters. The Kier molecular flexibility index (Phi) is 4.59. The molecule has 4 N–H and O–H groups in total. The van der Waals surface area contributed by atoms with E-state index in [0.29, 0.717) is 13.0 Å². The van der Waals surface area contributed by atoms with E-state index in [4.69, 9.17) is 5.73 Å². The predicted octanol–water partition coefficient (Wildman–Crippen LogP) is 3.20. The van der Waals surface area contributed by atoms with Crippen molar-refractivity contribution in [3.63, 3.8) is 0 Å². The number of H-pyrrole nitrogens is 1. The second kappa shape index (κ2) is 7.19. The summed E-state index contributed by atoms with van der Waals surface area (Å²) >= 11 is 1.48. The zero-order valence-electron chi connectivity index (χ0n) is 13.8. The Morgan fingerprint density at radius 3 is 2.85 bits per heavy atom. The predicted molar refractivity (Wildman–Crippen MR) is 102 cm³/mol. The molecule has 0 saturated carbocycles. The Labute approximate surface area is 153 Å². The molecular weight excluding hydrogens is 351 g/mol. The fourth-order valence-corrected chi connectivity index (χ4v) is 3.45. The zero-order chi connectivity index (χ0) is 17.9. The van der Waals surface area contributed by atoms with E-state index in [1.54, 1.807) is 18.3 Å². The summed E-state index contributed by atoms with van der Waals surface area (Å²) in [4.78, 5) is 0. The molecule has 0 radical (unpaired) electrons. The number of nitrogens with zero attached hydrogens (tertiary/aromatic N) is 3. The standard InChI is InChI=1S/C18H17FN6S/c19-14-4-1-11(2-5-14)7-15(20)10-21-18-25-24-17(26-18)12-3-6-16-13(8-12)9-22-23-16/h1-6,8-9,15H,7,10,20H2,(H,21,25)(H,22,23). The summed E-state index contributed by atoms with van der Waals surface area (Å²) in [6, 6.07) is 12.3. The lowest BCUT2D eigenvalue weighted by molar-refractivity contribution is 0.625. The fourth-order valence-electron chi connectivity index (χ4n) is 2.70. The van der Waals surface area contributed by atoms with Crippen LogP contribution in [0, 0.1) is 5.82 Å². The van der Waals surface area contributed by atoms with Crippen LogP contribution in [0.3, 0.4) is 0 Å². The summed E-state index contributed by atoms with van der Waals surface area (Å²) in [5.41, 5.74) is 9.15. The third kappa shape index (κ3) is 3.71. The molecule has 132 valence electrons. The molecule has 2 aromatic heterocycles. The van der Waals surface area contributed by atoms with Crippen molar-refractivity contribution < 1.29 is 4.39 Å².